The lowest BCUT2D eigenvalue weighted by Gasteiger charge is -2.07. The molecule has 34 heavy (non-hydrogen) atoms. The lowest BCUT2D eigenvalue weighted by atomic mass is 10.2. The van der Waals surface area contributed by atoms with Gasteiger partial charge in [-0.25, -0.2) is 9.97 Å². The van der Waals surface area contributed by atoms with Crippen LogP contribution in [0.3, 0.4) is 0 Å². The number of hydrogen-bond donors (Lipinski definition) is 1. The smallest absolute Gasteiger partial charge is 0.236 e. The van der Waals surface area contributed by atoms with Crippen molar-refractivity contribution < 1.29 is 19.1 Å². The summed E-state index contributed by atoms with van der Waals surface area (Å²) in [6.07, 6.45) is 3.89. The zero-order chi connectivity index (χ0) is 24.3. The Morgan fingerprint density at radius 3 is 2.56 bits per heavy atom. The van der Waals surface area contributed by atoms with E-state index in [1.807, 2.05) is 77.6 Å². The largest absolute Gasteiger partial charge is 0.486 e. The fraction of sp³-hybridized carbons (Fsp3) is 0.200. The predicted octanol–water partition coefficient (Wildman–Crippen LogP) is 4.27. The van der Waals surface area contributed by atoms with Gasteiger partial charge in [-0.3, -0.25) is 14.9 Å². The molecule has 176 valence electrons. The lowest BCUT2D eigenvalue weighted by Crippen LogP contribution is -2.22. The first-order valence-corrected chi connectivity index (χ1v) is 11.8. The summed E-state index contributed by atoms with van der Waals surface area (Å²) in [6.45, 7) is 2.46. The summed E-state index contributed by atoms with van der Waals surface area (Å²) in [7, 11) is 1.98. The molecule has 2 aromatic carbocycles. The summed E-state index contributed by atoms with van der Waals surface area (Å²) >= 11 is 1.38. The number of benzene rings is 2. The van der Waals surface area contributed by atoms with E-state index in [2.05, 4.69) is 16.9 Å². The third-order valence-corrected chi connectivity index (χ3v) is 5.24. The molecule has 0 unspecified atom stereocenters. The highest BCUT2D eigenvalue weighted by molar-refractivity contribution is 7.99. The molecule has 1 N–H and O–H groups in total. The van der Waals surface area contributed by atoms with Gasteiger partial charge in [-0.1, -0.05) is 23.8 Å². The Bertz CT molecular complexity index is 1230. The van der Waals surface area contributed by atoms with Crippen molar-refractivity contribution in [2.45, 2.75) is 13.5 Å². The highest BCUT2D eigenvalue weighted by Crippen LogP contribution is 2.25. The average Bonchev–Trinajstić information content (AvgIpc) is 3.15. The van der Waals surface area contributed by atoms with Crippen molar-refractivity contribution in [3.8, 4) is 17.4 Å². The van der Waals surface area contributed by atoms with E-state index in [0.717, 1.165) is 28.4 Å². The molecule has 0 saturated heterocycles. The molecule has 0 spiro atoms. The molecule has 0 aliphatic carbocycles. The molecule has 0 bridgehead atoms. The first-order valence-electron chi connectivity index (χ1n) is 10.5. The van der Waals surface area contributed by atoms with Gasteiger partial charge in [0.1, 0.15) is 23.9 Å². The molecule has 9 heteroatoms. The minimum absolute atomic E-state index is 0.243. The van der Waals surface area contributed by atoms with Gasteiger partial charge in [0.15, 0.2) is 0 Å². The van der Waals surface area contributed by atoms with Crippen LogP contribution in [-0.4, -0.2) is 38.9 Å². The molecule has 4 aromatic rings. The number of fused-ring (bicyclic) bond motifs is 1. The maximum absolute atomic E-state index is 10.3. The summed E-state index contributed by atoms with van der Waals surface area (Å²) in [5, 5.41) is 2.01. The van der Waals surface area contributed by atoms with Crippen LogP contribution in [0.4, 0.5) is 0 Å². The van der Waals surface area contributed by atoms with Crippen molar-refractivity contribution in [1.29, 1.82) is 0 Å². The van der Waals surface area contributed by atoms with Gasteiger partial charge in [0.2, 0.25) is 18.2 Å². The van der Waals surface area contributed by atoms with E-state index in [-0.39, 0.29) is 5.91 Å². The molecule has 2 aromatic heterocycles. The van der Waals surface area contributed by atoms with Crippen molar-refractivity contribution in [3.63, 3.8) is 0 Å². The quantitative estimate of drug-likeness (QED) is 0.378. The molecule has 0 radical (unpaired) electrons. The number of carbonyl (C=O) groups is 2. The van der Waals surface area contributed by atoms with Crippen molar-refractivity contribution in [2.24, 2.45) is 7.05 Å². The Labute approximate surface area is 202 Å². The highest BCUT2D eigenvalue weighted by atomic mass is 32.2. The number of ether oxygens (including phenoxy) is 2. The van der Waals surface area contributed by atoms with Crippen molar-refractivity contribution in [1.82, 2.24) is 19.9 Å². The zero-order valence-electron chi connectivity index (χ0n) is 19.2. The number of nitrogens with zero attached hydrogens (tertiary/aromatic N) is 3. The number of pyridine rings is 1. The van der Waals surface area contributed by atoms with E-state index in [9.17, 15) is 9.59 Å². The number of aromatic nitrogens is 3. The second kappa shape index (κ2) is 12.4. The number of rotatable bonds is 8. The molecule has 0 atom stereocenters. The maximum atomic E-state index is 10.3. The molecule has 4 rings (SSSR count). The first kappa shape index (κ1) is 24.8. The Morgan fingerprint density at radius 1 is 1.12 bits per heavy atom. The minimum atomic E-state index is -0.243. The Morgan fingerprint density at radius 2 is 1.88 bits per heavy atom. The SMILES string of the molecule is CSCC(=O)NC=O.Cc1ccc(OCc2nc3ccc(Oc4ccccn4)cc3n2C)cc1. The van der Waals surface area contributed by atoms with Crippen LogP contribution in [0.2, 0.25) is 0 Å². The van der Waals surface area contributed by atoms with Gasteiger partial charge in [-0.15, -0.1) is 0 Å². The van der Waals surface area contributed by atoms with Gasteiger partial charge in [-0.2, -0.15) is 11.8 Å². The van der Waals surface area contributed by atoms with Crippen LogP contribution in [0, 0.1) is 6.92 Å². The van der Waals surface area contributed by atoms with E-state index >= 15 is 0 Å². The summed E-state index contributed by atoms with van der Waals surface area (Å²) in [6, 6.07) is 19.4. The van der Waals surface area contributed by atoms with Crippen LogP contribution in [0.15, 0.2) is 66.9 Å². The summed E-state index contributed by atoms with van der Waals surface area (Å²) in [5.74, 6) is 3.09. The third-order valence-electron chi connectivity index (χ3n) is 4.69. The van der Waals surface area contributed by atoms with Crippen LogP contribution in [0.25, 0.3) is 11.0 Å². The average molecular weight is 479 g/mol. The van der Waals surface area contributed by atoms with Crippen molar-refractivity contribution >= 4 is 35.1 Å². The number of thioether (sulfide) groups is 1. The number of imidazole rings is 1. The Kier molecular flexibility index (Phi) is 9.04. The second-order valence-corrected chi connectivity index (χ2v) is 8.09. The predicted molar refractivity (Wildman–Crippen MR) is 133 cm³/mol. The molecular weight excluding hydrogens is 452 g/mol. The summed E-state index contributed by atoms with van der Waals surface area (Å²) in [4.78, 5) is 28.7. The van der Waals surface area contributed by atoms with Gasteiger partial charge in [0, 0.05) is 25.4 Å². The number of aryl methyl sites for hydroxylation is 2. The fourth-order valence-corrected chi connectivity index (χ4v) is 3.31. The molecule has 2 amide bonds. The lowest BCUT2D eigenvalue weighted by molar-refractivity contribution is -0.123. The molecule has 2 heterocycles. The number of amides is 2. The summed E-state index contributed by atoms with van der Waals surface area (Å²) < 4.78 is 13.7. The Hall–Kier alpha value is -3.85. The first-order chi connectivity index (χ1) is 16.5. The second-order valence-electron chi connectivity index (χ2n) is 7.23. The van der Waals surface area contributed by atoms with Crippen LogP contribution < -0.4 is 14.8 Å². The highest BCUT2D eigenvalue weighted by Gasteiger charge is 2.10. The van der Waals surface area contributed by atoms with Gasteiger partial charge in [0.05, 0.1) is 16.8 Å². The van der Waals surface area contributed by atoms with Gasteiger partial charge < -0.3 is 14.0 Å². The maximum Gasteiger partial charge on any atom is 0.236 e. The standard InChI is InChI=1S/C21H19N3O2.C4H7NO2S/c1-15-6-8-16(9-7-15)25-14-20-23-18-11-10-17(13-19(18)24(20)2)26-21-5-3-4-12-22-21;1-8-2-4(7)5-3-6/h3-13H,14H2,1-2H3;3H,2H2,1H3,(H,5,6,7). The van der Waals surface area contributed by atoms with Crippen molar-refractivity contribution in [2.75, 3.05) is 12.0 Å². The molecule has 0 aliphatic heterocycles. The molecule has 0 fully saturated rings. The van der Waals surface area contributed by atoms with Gasteiger partial charge in [-0.05, 0) is 43.5 Å². The summed E-state index contributed by atoms with van der Waals surface area (Å²) in [5.41, 5.74) is 3.10. The van der Waals surface area contributed by atoms with Crippen LogP contribution in [0.5, 0.6) is 17.4 Å². The molecule has 0 saturated carbocycles. The van der Waals surface area contributed by atoms with Crippen molar-refractivity contribution in [3.05, 3.63) is 78.2 Å². The van der Waals surface area contributed by atoms with Gasteiger partial charge >= 0.3 is 0 Å². The van der Waals surface area contributed by atoms with E-state index in [4.69, 9.17) is 9.47 Å². The van der Waals surface area contributed by atoms with E-state index < -0.39 is 0 Å². The topological polar surface area (TPSA) is 95.3 Å². The number of carbonyl (C=O) groups excluding carboxylic acids is 2. The molecular formula is C25H26N4O4S. The van der Waals surface area contributed by atoms with Gasteiger partial charge in [0.25, 0.3) is 0 Å². The zero-order valence-corrected chi connectivity index (χ0v) is 20.0. The normalized spacial score (nSPS) is 10.2. The molecule has 0 aliphatic rings. The Balaban J connectivity index is 0.000000350. The van der Waals surface area contributed by atoms with E-state index in [0.29, 0.717) is 24.6 Å². The molecule has 8 nitrogen and oxygen atoms in total. The fourth-order valence-electron chi connectivity index (χ4n) is 2.96. The van der Waals surface area contributed by atoms with E-state index in [1.165, 1.54) is 17.3 Å². The van der Waals surface area contributed by atoms with Crippen LogP contribution in [0.1, 0.15) is 11.4 Å². The third kappa shape index (κ3) is 7.08. The number of hydrogen-bond acceptors (Lipinski definition) is 7. The number of imide groups is 1. The number of nitrogens with one attached hydrogen (secondary N) is 1. The minimum Gasteiger partial charge on any atom is -0.486 e. The van der Waals surface area contributed by atoms with Crippen LogP contribution in [-0.2, 0) is 23.2 Å². The van der Waals surface area contributed by atoms with E-state index in [1.54, 1.807) is 12.5 Å². The monoisotopic (exact) mass is 478 g/mol. The van der Waals surface area contributed by atoms with Crippen LogP contribution >= 0.6 is 11.8 Å².